The van der Waals surface area contributed by atoms with Gasteiger partial charge >= 0.3 is 6.09 Å². The van der Waals surface area contributed by atoms with E-state index in [1.165, 1.54) is 0 Å². The summed E-state index contributed by atoms with van der Waals surface area (Å²) in [7, 11) is 1.88. The predicted molar refractivity (Wildman–Crippen MR) is 88.9 cm³/mol. The molecule has 0 aliphatic carbocycles. The number of benzene rings is 1. The molecule has 0 radical (unpaired) electrons. The van der Waals surface area contributed by atoms with Gasteiger partial charge in [0.05, 0.1) is 0 Å². The van der Waals surface area contributed by atoms with Crippen molar-refractivity contribution < 1.29 is 9.53 Å². The predicted octanol–water partition coefficient (Wildman–Crippen LogP) is 1.47. The molecule has 1 fully saturated rings. The van der Waals surface area contributed by atoms with E-state index in [2.05, 4.69) is 5.43 Å². The summed E-state index contributed by atoms with van der Waals surface area (Å²) in [6, 6.07) is 9.81. The lowest BCUT2D eigenvalue weighted by atomic mass is 10.1. The molecule has 2 rings (SSSR count). The topological polar surface area (TPSA) is 70.8 Å². The molecule has 0 saturated carbocycles. The van der Waals surface area contributed by atoms with Crippen LogP contribution < -0.4 is 11.3 Å². The number of carbonyl (C=O) groups excluding carboxylic acids is 1. The van der Waals surface area contributed by atoms with Crippen LogP contribution >= 0.6 is 12.2 Å². The minimum Gasteiger partial charge on any atom is -0.445 e. The van der Waals surface area contributed by atoms with E-state index in [1.807, 2.05) is 42.3 Å². The van der Waals surface area contributed by atoms with E-state index in [0.29, 0.717) is 24.8 Å². The van der Waals surface area contributed by atoms with Crippen LogP contribution in [0.2, 0.25) is 0 Å². The van der Waals surface area contributed by atoms with Crippen LogP contribution in [-0.2, 0) is 11.3 Å². The molecule has 1 aliphatic heterocycles. The number of nitrogens with zero attached hydrogens (tertiary/aromatic N) is 2. The summed E-state index contributed by atoms with van der Waals surface area (Å²) in [6.07, 6.45) is 1.61. The first-order valence-electron chi connectivity index (χ1n) is 7.31. The van der Waals surface area contributed by atoms with Gasteiger partial charge in [0.15, 0.2) is 5.11 Å². The van der Waals surface area contributed by atoms with Gasteiger partial charge in [-0.25, -0.2) is 10.6 Å². The molecule has 1 amide bonds. The van der Waals surface area contributed by atoms with Crippen molar-refractivity contribution in [3.63, 3.8) is 0 Å². The van der Waals surface area contributed by atoms with Gasteiger partial charge in [0.2, 0.25) is 0 Å². The summed E-state index contributed by atoms with van der Waals surface area (Å²) in [5.41, 5.74) is 3.46. The lowest BCUT2D eigenvalue weighted by Crippen LogP contribution is -2.53. The molecular weight excluding hydrogens is 300 g/mol. The fourth-order valence-electron chi connectivity index (χ4n) is 2.51. The second-order valence-electron chi connectivity index (χ2n) is 5.34. The van der Waals surface area contributed by atoms with Gasteiger partial charge in [-0.15, -0.1) is 0 Å². The zero-order valence-corrected chi connectivity index (χ0v) is 13.5. The van der Waals surface area contributed by atoms with Crippen LogP contribution in [0.4, 0.5) is 4.79 Å². The quantitative estimate of drug-likeness (QED) is 0.499. The summed E-state index contributed by atoms with van der Waals surface area (Å²) in [5.74, 6) is 5.35. The van der Waals surface area contributed by atoms with Crippen LogP contribution in [-0.4, -0.2) is 47.2 Å². The minimum absolute atomic E-state index is 0.154. The van der Waals surface area contributed by atoms with Crippen LogP contribution in [0, 0.1) is 0 Å². The molecular formula is C15H22N4O2S. The van der Waals surface area contributed by atoms with Crippen LogP contribution in [0.5, 0.6) is 0 Å². The van der Waals surface area contributed by atoms with E-state index in [4.69, 9.17) is 22.8 Å². The Morgan fingerprint density at radius 3 is 2.91 bits per heavy atom. The molecule has 7 heteroatoms. The molecule has 1 saturated heterocycles. The van der Waals surface area contributed by atoms with Crippen LogP contribution in [0.3, 0.4) is 0 Å². The van der Waals surface area contributed by atoms with E-state index in [9.17, 15) is 4.79 Å². The Morgan fingerprint density at radius 1 is 1.50 bits per heavy atom. The zero-order chi connectivity index (χ0) is 15.9. The van der Waals surface area contributed by atoms with Gasteiger partial charge in [0.1, 0.15) is 6.61 Å². The molecule has 3 N–H and O–H groups in total. The third-order valence-electron chi connectivity index (χ3n) is 3.85. The molecule has 0 unspecified atom stereocenters. The number of likely N-dealkylation sites (tertiary alicyclic amines) is 1. The highest BCUT2D eigenvalue weighted by Crippen LogP contribution is 2.16. The Balaban J connectivity index is 1.86. The maximum absolute atomic E-state index is 12.2. The molecule has 1 aromatic rings. The maximum atomic E-state index is 12.2. The number of amides is 1. The summed E-state index contributed by atoms with van der Waals surface area (Å²) >= 11 is 5.13. The normalized spacial score (nSPS) is 17.7. The summed E-state index contributed by atoms with van der Waals surface area (Å²) < 4.78 is 5.38. The first kappa shape index (κ1) is 16.5. The number of hydrazine groups is 1. The van der Waals surface area contributed by atoms with Crippen molar-refractivity contribution in [2.45, 2.75) is 25.5 Å². The van der Waals surface area contributed by atoms with Crippen molar-refractivity contribution in [1.82, 2.24) is 15.2 Å². The number of thiocarbonyl (C=S) groups is 1. The maximum Gasteiger partial charge on any atom is 0.410 e. The van der Waals surface area contributed by atoms with Gasteiger partial charge in [-0.3, -0.25) is 0 Å². The Morgan fingerprint density at radius 2 is 2.23 bits per heavy atom. The van der Waals surface area contributed by atoms with E-state index in [0.717, 1.165) is 18.4 Å². The molecule has 1 heterocycles. The summed E-state index contributed by atoms with van der Waals surface area (Å²) in [5, 5.41) is 0.476. The smallest absolute Gasteiger partial charge is 0.410 e. The SMILES string of the molecule is CN(C(=S)NN)[C@@H]1CCCN(C(=O)OCc2ccccc2)C1. The molecule has 1 atom stereocenters. The molecule has 1 aromatic carbocycles. The van der Waals surface area contributed by atoms with Gasteiger partial charge in [0, 0.05) is 26.2 Å². The van der Waals surface area contributed by atoms with Crippen molar-refractivity contribution >= 4 is 23.4 Å². The average Bonchev–Trinajstić information content (AvgIpc) is 2.59. The second kappa shape index (κ2) is 7.95. The number of ether oxygens (including phenoxy) is 1. The number of nitrogens with one attached hydrogen (secondary N) is 1. The highest BCUT2D eigenvalue weighted by atomic mass is 32.1. The molecule has 0 bridgehead atoms. The van der Waals surface area contributed by atoms with E-state index >= 15 is 0 Å². The van der Waals surface area contributed by atoms with Crippen LogP contribution in [0.15, 0.2) is 30.3 Å². The first-order valence-corrected chi connectivity index (χ1v) is 7.71. The molecule has 22 heavy (non-hydrogen) atoms. The monoisotopic (exact) mass is 322 g/mol. The number of rotatable bonds is 3. The largest absolute Gasteiger partial charge is 0.445 e. The van der Waals surface area contributed by atoms with Crippen LogP contribution in [0.1, 0.15) is 18.4 Å². The standard InChI is InChI=1S/C15H22N4O2S/c1-18(14(22)17-16)13-8-5-9-19(10-13)15(20)21-11-12-6-3-2-4-7-12/h2-4,6-7,13H,5,8-11,16H2,1H3,(H,17,22)/t13-/m1/s1. The van der Waals surface area contributed by atoms with Crippen LogP contribution in [0.25, 0.3) is 0 Å². The van der Waals surface area contributed by atoms with Gasteiger partial charge in [0.25, 0.3) is 0 Å². The first-order chi connectivity index (χ1) is 10.6. The van der Waals surface area contributed by atoms with Gasteiger partial charge < -0.3 is 20.0 Å². The van der Waals surface area contributed by atoms with Crippen molar-refractivity contribution in [2.24, 2.45) is 5.84 Å². The number of nitrogens with two attached hydrogens (primary N) is 1. The number of piperidine rings is 1. The Hall–Kier alpha value is -1.86. The number of likely N-dealkylation sites (N-methyl/N-ethyl adjacent to an activating group) is 1. The molecule has 120 valence electrons. The van der Waals surface area contributed by atoms with Gasteiger partial charge in [-0.1, -0.05) is 30.3 Å². The minimum atomic E-state index is -0.284. The zero-order valence-electron chi connectivity index (χ0n) is 12.7. The fourth-order valence-corrected chi connectivity index (χ4v) is 2.66. The van der Waals surface area contributed by atoms with Crippen molar-refractivity contribution in [2.75, 3.05) is 20.1 Å². The van der Waals surface area contributed by atoms with E-state index in [1.54, 1.807) is 4.90 Å². The highest BCUT2D eigenvalue weighted by molar-refractivity contribution is 7.80. The fraction of sp³-hybridized carbons (Fsp3) is 0.467. The Kier molecular flexibility index (Phi) is 5.97. The van der Waals surface area contributed by atoms with Crippen molar-refractivity contribution in [3.8, 4) is 0 Å². The van der Waals surface area contributed by atoms with Gasteiger partial charge in [-0.2, -0.15) is 0 Å². The van der Waals surface area contributed by atoms with E-state index in [-0.39, 0.29) is 12.1 Å². The Labute approximate surface area is 136 Å². The molecule has 6 nitrogen and oxygen atoms in total. The highest BCUT2D eigenvalue weighted by Gasteiger charge is 2.28. The second-order valence-corrected chi connectivity index (χ2v) is 5.73. The molecule has 0 aromatic heterocycles. The third kappa shape index (κ3) is 4.32. The summed E-state index contributed by atoms with van der Waals surface area (Å²) in [6.45, 7) is 1.59. The molecule has 1 aliphatic rings. The average molecular weight is 322 g/mol. The van der Waals surface area contributed by atoms with Crippen molar-refractivity contribution in [1.29, 1.82) is 0 Å². The van der Waals surface area contributed by atoms with Crippen molar-refractivity contribution in [3.05, 3.63) is 35.9 Å². The molecule has 0 spiro atoms. The lowest BCUT2D eigenvalue weighted by Gasteiger charge is -2.37. The Bertz CT molecular complexity index is 512. The van der Waals surface area contributed by atoms with Gasteiger partial charge in [-0.05, 0) is 30.6 Å². The number of carbonyl (C=O) groups is 1. The number of hydrogen-bond donors (Lipinski definition) is 2. The van der Waals surface area contributed by atoms with E-state index < -0.39 is 0 Å². The lowest BCUT2D eigenvalue weighted by molar-refractivity contribution is 0.0761. The third-order valence-corrected chi connectivity index (χ3v) is 4.26. The number of hydrogen-bond acceptors (Lipinski definition) is 4. The summed E-state index contributed by atoms with van der Waals surface area (Å²) in [4.78, 5) is 15.8.